The summed E-state index contributed by atoms with van der Waals surface area (Å²) in [7, 11) is 0. The highest BCUT2D eigenvalue weighted by atomic mass is 15.2. The molecule has 0 aliphatic rings. The second kappa shape index (κ2) is 3.32. The van der Waals surface area contributed by atoms with E-state index < -0.39 is 0 Å². The maximum Gasteiger partial charge on any atom is 0.235 e. The smallest absolute Gasteiger partial charge is 0.235 e. The summed E-state index contributed by atoms with van der Waals surface area (Å²) >= 11 is 0. The number of hydrogen-bond donors (Lipinski definition) is 1. The Morgan fingerprint density at radius 2 is 1.92 bits per heavy atom. The van der Waals surface area contributed by atoms with E-state index in [4.69, 9.17) is 5.73 Å². The zero-order valence-electron chi connectivity index (χ0n) is 6.96. The Bertz CT molecular complexity index is 380. The van der Waals surface area contributed by atoms with E-state index in [1.807, 2.05) is 0 Å². The maximum absolute atomic E-state index is 5.49. The van der Waals surface area contributed by atoms with E-state index in [-0.39, 0.29) is 0 Å². The van der Waals surface area contributed by atoms with E-state index in [1.54, 1.807) is 35.4 Å². The zero-order valence-corrected chi connectivity index (χ0v) is 6.96. The summed E-state index contributed by atoms with van der Waals surface area (Å²) in [6, 6.07) is 1.77. The molecule has 66 valence electrons. The van der Waals surface area contributed by atoms with Crippen LogP contribution in [0.1, 0.15) is 5.82 Å². The number of rotatable bonds is 2. The summed E-state index contributed by atoms with van der Waals surface area (Å²) in [4.78, 5) is 12.2. The Labute approximate surface area is 75.3 Å². The van der Waals surface area contributed by atoms with Crippen LogP contribution in [-0.2, 0) is 6.54 Å². The minimum Gasteiger partial charge on any atom is -0.324 e. The lowest BCUT2D eigenvalue weighted by atomic mass is 10.6. The predicted molar refractivity (Wildman–Crippen MR) is 47.0 cm³/mol. The van der Waals surface area contributed by atoms with Crippen LogP contribution in [0.2, 0.25) is 0 Å². The second-order valence-corrected chi connectivity index (χ2v) is 2.47. The van der Waals surface area contributed by atoms with Gasteiger partial charge in [-0.15, -0.1) is 0 Å². The highest BCUT2D eigenvalue weighted by molar-refractivity contribution is 5.14. The van der Waals surface area contributed by atoms with Crippen molar-refractivity contribution in [3.63, 3.8) is 0 Å². The van der Waals surface area contributed by atoms with Crippen LogP contribution in [-0.4, -0.2) is 19.5 Å². The van der Waals surface area contributed by atoms with Gasteiger partial charge in [0.15, 0.2) is 0 Å². The number of nitrogens with two attached hydrogens (primary N) is 1. The molecule has 0 fully saturated rings. The van der Waals surface area contributed by atoms with Crippen molar-refractivity contribution in [2.24, 2.45) is 5.73 Å². The highest BCUT2D eigenvalue weighted by Crippen LogP contribution is 2.02. The third kappa shape index (κ3) is 1.41. The van der Waals surface area contributed by atoms with Crippen molar-refractivity contribution in [3.05, 3.63) is 36.7 Å². The van der Waals surface area contributed by atoms with Gasteiger partial charge in [0.25, 0.3) is 0 Å². The fourth-order valence-electron chi connectivity index (χ4n) is 1.08. The zero-order chi connectivity index (χ0) is 9.10. The van der Waals surface area contributed by atoms with Gasteiger partial charge in [0.2, 0.25) is 5.95 Å². The topological polar surface area (TPSA) is 69.6 Å². The molecule has 13 heavy (non-hydrogen) atoms. The van der Waals surface area contributed by atoms with Gasteiger partial charge in [-0.05, 0) is 6.07 Å². The average Bonchev–Trinajstić information content (AvgIpc) is 2.67. The molecule has 0 saturated heterocycles. The van der Waals surface area contributed by atoms with Crippen molar-refractivity contribution in [1.29, 1.82) is 0 Å². The van der Waals surface area contributed by atoms with Crippen LogP contribution in [0.25, 0.3) is 5.95 Å². The van der Waals surface area contributed by atoms with Crippen LogP contribution >= 0.6 is 0 Å². The fourth-order valence-corrected chi connectivity index (χ4v) is 1.08. The molecular weight excluding hydrogens is 166 g/mol. The van der Waals surface area contributed by atoms with E-state index in [0.29, 0.717) is 12.5 Å². The second-order valence-electron chi connectivity index (χ2n) is 2.47. The minimum atomic E-state index is 0.380. The number of imidazole rings is 1. The first-order valence-electron chi connectivity index (χ1n) is 3.91. The Morgan fingerprint density at radius 3 is 2.62 bits per heavy atom. The normalized spacial score (nSPS) is 10.2. The Kier molecular flexibility index (Phi) is 2.01. The Hall–Kier alpha value is -1.75. The maximum atomic E-state index is 5.49. The molecule has 5 heteroatoms. The van der Waals surface area contributed by atoms with E-state index in [2.05, 4.69) is 15.0 Å². The molecule has 2 heterocycles. The average molecular weight is 175 g/mol. The summed E-state index contributed by atoms with van der Waals surface area (Å²) in [5.41, 5.74) is 5.49. The number of aromatic nitrogens is 4. The summed E-state index contributed by atoms with van der Waals surface area (Å²) in [6.07, 6.45) is 6.83. The quantitative estimate of drug-likeness (QED) is 0.703. The molecule has 0 radical (unpaired) electrons. The monoisotopic (exact) mass is 175 g/mol. The van der Waals surface area contributed by atoms with E-state index in [0.717, 1.165) is 5.82 Å². The molecule has 2 aromatic rings. The molecule has 0 spiro atoms. The molecule has 0 amide bonds. The molecule has 0 aromatic carbocycles. The van der Waals surface area contributed by atoms with E-state index in [1.165, 1.54) is 0 Å². The van der Waals surface area contributed by atoms with Crippen molar-refractivity contribution in [2.75, 3.05) is 0 Å². The third-order valence-electron chi connectivity index (χ3n) is 1.67. The lowest BCUT2D eigenvalue weighted by Gasteiger charge is -2.02. The first-order chi connectivity index (χ1) is 6.42. The van der Waals surface area contributed by atoms with Crippen LogP contribution in [0.15, 0.2) is 30.9 Å². The molecule has 2 N–H and O–H groups in total. The van der Waals surface area contributed by atoms with E-state index >= 15 is 0 Å². The van der Waals surface area contributed by atoms with Gasteiger partial charge in [0.05, 0.1) is 6.54 Å². The molecular formula is C8H9N5. The summed E-state index contributed by atoms with van der Waals surface area (Å²) < 4.78 is 1.76. The van der Waals surface area contributed by atoms with Crippen molar-refractivity contribution in [2.45, 2.75) is 6.54 Å². The van der Waals surface area contributed by atoms with Crippen LogP contribution in [0, 0.1) is 0 Å². The molecule has 0 saturated carbocycles. The standard InChI is InChI=1S/C8H9N5/c9-6-7-10-4-5-13(7)8-11-2-1-3-12-8/h1-5H,6,9H2. The fraction of sp³-hybridized carbons (Fsp3) is 0.125. The predicted octanol–water partition coefficient (Wildman–Crippen LogP) is 0.121. The van der Waals surface area contributed by atoms with Crippen molar-refractivity contribution >= 4 is 0 Å². The number of hydrogen-bond acceptors (Lipinski definition) is 4. The molecule has 0 atom stereocenters. The van der Waals surface area contributed by atoms with Crippen LogP contribution in [0.4, 0.5) is 0 Å². The molecule has 2 aromatic heterocycles. The Balaban J connectivity index is 2.47. The van der Waals surface area contributed by atoms with Crippen LogP contribution in [0.5, 0.6) is 0 Å². The first-order valence-corrected chi connectivity index (χ1v) is 3.91. The molecule has 0 aliphatic carbocycles. The van der Waals surface area contributed by atoms with Gasteiger partial charge >= 0.3 is 0 Å². The van der Waals surface area contributed by atoms with Crippen molar-refractivity contribution < 1.29 is 0 Å². The number of nitrogens with zero attached hydrogens (tertiary/aromatic N) is 4. The van der Waals surface area contributed by atoms with Crippen molar-refractivity contribution in [1.82, 2.24) is 19.5 Å². The minimum absolute atomic E-state index is 0.380. The van der Waals surface area contributed by atoms with E-state index in [9.17, 15) is 0 Å². The largest absolute Gasteiger partial charge is 0.324 e. The third-order valence-corrected chi connectivity index (χ3v) is 1.67. The Morgan fingerprint density at radius 1 is 1.15 bits per heavy atom. The molecule has 2 rings (SSSR count). The van der Waals surface area contributed by atoms with Crippen LogP contribution in [0.3, 0.4) is 0 Å². The van der Waals surface area contributed by atoms with Gasteiger partial charge in [0, 0.05) is 24.8 Å². The lowest BCUT2D eigenvalue weighted by Crippen LogP contribution is -2.08. The lowest BCUT2D eigenvalue weighted by molar-refractivity contribution is 0.821. The van der Waals surface area contributed by atoms with Gasteiger partial charge in [-0.2, -0.15) is 0 Å². The van der Waals surface area contributed by atoms with Gasteiger partial charge in [0.1, 0.15) is 5.82 Å². The van der Waals surface area contributed by atoms with Gasteiger partial charge in [-0.25, -0.2) is 15.0 Å². The SMILES string of the molecule is NCc1nccn1-c1ncccn1. The van der Waals surface area contributed by atoms with Gasteiger partial charge in [-0.3, -0.25) is 4.57 Å². The summed E-state index contributed by atoms with van der Waals surface area (Å²) in [6.45, 7) is 0.380. The molecule has 0 unspecified atom stereocenters. The van der Waals surface area contributed by atoms with Crippen LogP contribution < -0.4 is 5.73 Å². The molecule has 0 aliphatic heterocycles. The first kappa shape index (κ1) is 7.88. The summed E-state index contributed by atoms with van der Waals surface area (Å²) in [5, 5.41) is 0. The van der Waals surface area contributed by atoms with Gasteiger partial charge < -0.3 is 5.73 Å². The molecule has 0 bridgehead atoms. The van der Waals surface area contributed by atoms with Gasteiger partial charge in [-0.1, -0.05) is 0 Å². The molecule has 5 nitrogen and oxygen atoms in total. The summed E-state index contributed by atoms with van der Waals surface area (Å²) in [5.74, 6) is 1.35. The highest BCUT2D eigenvalue weighted by Gasteiger charge is 2.03. The van der Waals surface area contributed by atoms with Crippen molar-refractivity contribution in [3.8, 4) is 5.95 Å².